The second-order valence-electron chi connectivity index (χ2n) is 17.4. The number of nitrogens with zero attached hydrogens (tertiary/aromatic N) is 1. The monoisotopic (exact) mass is 949 g/mol. The second-order valence-corrected chi connectivity index (χ2v) is 18.9. The Morgan fingerprint density at radius 1 is 0.463 bits per heavy atom. The number of hydrogen-bond acceptors (Lipinski definition) is 6. The maximum atomic E-state index is 12.8. The van der Waals surface area contributed by atoms with Gasteiger partial charge in [-0.3, -0.25) is 13.8 Å². The van der Waals surface area contributed by atoms with Crippen molar-refractivity contribution in [3.63, 3.8) is 0 Å². The number of phosphoric ester groups is 1. The number of hydrogen-bond donors (Lipinski definition) is 1. The largest absolute Gasteiger partial charge is 0.472 e. The van der Waals surface area contributed by atoms with Crippen LogP contribution in [0.2, 0.25) is 0 Å². The number of esters is 1. The van der Waals surface area contributed by atoms with Gasteiger partial charge in [0, 0.05) is 13.0 Å². The van der Waals surface area contributed by atoms with Crippen molar-refractivity contribution < 1.29 is 37.3 Å². The molecular formula is C58H95NO7P+. The van der Waals surface area contributed by atoms with Crippen molar-refractivity contribution in [2.24, 2.45) is 0 Å². The lowest BCUT2D eigenvalue weighted by Gasteiger charge is -2.24. The van der Waals surface area contributed by atoms with Gasteiger partial charge in [-0.1, -0.05) is 179 Å². The molecule has 0 aliphatic rings. The van der Waals surface area contributed by atoms with E-state index in [1.54, 1.807) is 0 Å². The van der Waals surface area contributed by atoms with Crippen molar-refractivity contribution in [1.82, 2.24) is 0 Å². The van der Waals surface area contributed by atoms with Crippen molar-refractivity contribution in [3.05, 3.63) is 146 Å². The molecule has 0 radical (unpaired) electrons. The van der Waals surface area contributed by atoms with Crippen molar-refractivity contribution in [2.45, 2.75) is 161 Å². The Balaban J connectivity index is 4.34. The predicted octanol–water partition coefficient (Wildman–Crippen LogP) is 16.1. The normalized spacial score (nSPS) is 14.8. The minimum Gasteiger partial charge on any atom is -0.457 e. The number of allylic oxidation sites excluding steroid dienone is 24. The Hall–Kier alpha value is -3.62. The lowest BCUT2D eigenvalue weighted by Crippen LogP contribution is -2.37. The van der Waals surface area contributed by atoms with Crippen molar-refractivity contribution in [2.75, 3.05) is 54.1 Å². The van der Waals surface area contributed by atoms with E-state index >= 15 is 0 Å². The second kappa shape index (κ2) is 48.8. The molecule has 0 spiro atoms. The SMILES string of the molecule is CC/C=C\C/C=C\C/C=C\C/C=C\C/C=C\C/C=C\C/C=C\CCCCOCC(COP(=O)(O)OCC[N+](C)(C)C)OC(=O)CCCCCCC/C=C\C/C=C\C/C=C\C/C=C\C/C=C\CC. The summed E-state index contributed by atoms with van der Waals surface area (Å²) >= 11 is 0. The van der Waals surface area contributed by atoms with Crippen LogP contribution in [0.1, 0.15) is 155 Å². The fourth-order valence-electron chi connectivity index (χ4n) is 6.03. The molecule has 2 unspecified atom stereocenters. The number of phosphoric acid groups is 1. The summed E-state index contributed by atoms with van der Waals surface area (Å²) in [5.74, 6) is -0.355. The van der Waals surface area contributed by atoms with Crippen LogP contribution in [0.4, 0.5) is 0 Å². The summed E-state index contributed by atoms with van der Waals surface area (Å²) in [6, 6.07) is 0. The van der Waals surface area contributed by atoms with Crippen LogP contribution >= 0.6 is 7.82 Å². The van der Waals surface area contributed by atoms with Gasteiger partial charge in [0.1, 0.15) is 19.3 Å². The van der Waals surface area contributed by atoms with E-state index in [4.69, 9.17) is 18.5 Å². The van der Waals surface area contributed by atoms with Gasteiger partial charge in [-0.25, -0.2) is 4.57 Å². The summed E-state index contributed by atoms with van der Waals surface area (Å²) in [6.45, 7) is 5.20. The Bertz CT molecular complexity index is 1570. The average molecular weight is 949 g/mol. The Morgan fingerprint density at radius 3 is 1.22 bits per heavy atom. The van der Waals surface area contributed by atoms with Gasteiger partial charge in [-0.15, -0.1) is 0 Å². The summed E-state index contributed by atoms with van der Waals surface area (Å²) in [6.07, 6.45) is 73.3. The van der Waals surface area contributed by atoms with Gasteiger partial charge in [0.15, 0.2) is 0 Å². The van der Waals surface area contributed by atoms with Crippen LogP contribution in [-0.4, -0.2) is 75.6 Å². The molecule has 0 aromatic heterocycles. The lowest BCUT2D eigenvalue weighted by atomic mass is 10.1. The molecule has 0 aliphatic heterocycles. The first-order valence-corrected chi connectivity index (χ1v) is 27.1. The first-order chi connectivity index (χ1) is 32.6. The summed E-state index contributed by atoms with van der Waals surface area (Å²) < 4.78 is 35.1. The zero-order valence-electron chi connectivity index (χ0n) is 42.8. The molecule has 0 heterocycles. The maximum Gasteiger partial charge on any atom is 0.472 e. The number of likely N-dealkylation sites (N-methyl/N-ethyl adjacent to an activating group) is 1. The van der Waals surface area contributed by atoms with Crippen molar-refractivity contribution in [3.8, 4) is 0 Å². The molecule has 9 heteroatoms. The van der Waals surface area contributed by atoms with Crippen molar-refractivity contribution in [1.29, 1.82) is 0 Å². The first-order valence-electron chi connectivity index (χ1n) is 25.6. The topological polar surface area (TPSA) is 91.3 Å². The number of unbranched alkanes of at least 4 members (excludes halogenated alkanes) is 7. The standard InChI is InChI=1S/C58H94NO7P/c1-6-8-10-12-14-16-18-20-22-24-26-28-29-30-32-34-36-38-40-42-44-46-48-50-53-63-55-57(56-65-67(61,62)64-54-52-59(3,4)5)66-58(60)51-49-47-45-43-41-39-37-35-33-31-27-25-23-21-19-17-15-13-11-9-7-2/h8-11,14-17,20-23,26-28,30-32,35-38,42,44,57H,6-7,12-13,18-19,24-25,29,33-34,39-41,43,45-56H2,1-5H3/p+1/b10-8-,11-9-,16-14-,17-15-,22-20-,23-21-,28-26-,31-27-,32-30-,37-35-,38-36-,44-42-. The third-order valence-electron chi connectivity index (χ3n) is 9.90. The molecule has 67 heavy (non-hydrogen) atoms. The zero-order valence-corrected chi connectivity index (χ0v) is 43.7. The van der Waals surface area contributed by atoms with E-state index in [2.05, 4.69) is 160 Å². The summed E-state index contributed by atoms with van der Waals surface area (Å²) in [5, 5.41) is 0. The van der Waals surface area contributed by atoms with E-state index in [0.29, 0.717) is 17.6 Å². The molecule has 0 rings (SSSR count). The molecule has 0 aromatic rings. The van der Waals surface area contributed by atoms with Crippen LogP contribution in [-0.2, 0) is 27.9 Å². The van der Waals surface area contributed by atoms with Gasteiger partial charge in [0.25, 0.3) is 0 Å². The highest BCUT2D eigenvalue weighted by atomic mass is 31.2. The fraction of sp³-hybridized carbons (Fsp3) is 0.569. The molecule has 0 bridgehead atoms. The van der Waals surface area contributed by atoms with Gasteiger partial charge < -0.3 is 18.9 Å². The number of quaternary nitrogens is 1. The first kappa shape index (κ1) is 63.4. The highest BCUT2D eigenvalue weighted by Gasteiger charge is 2.26. The predicted molar refractivity (Wildman–Crippen MR) is 288 cm³/mol. The lowest BCUT2D eigenvalue weighted by molar-refractivity contribution is -0.870. The van der Waals surface area contributed by atoms with Gasteiger partial charge in [-0.2, -0.15) is 0 Å². The highest BCUT2D eigenvalue weighted by molar-refractivity contribution is 7.47. The summed E-state index contributed by atoms with van der Waals surface area (Å²) in [5.41, 5.74) is 0. The molecule has 0 saturated heterocycles. The molecular weight excluding hydrogens is 854 g/mol. The average Bonchev–Trinajstić information content (AvgIpc) is 3.29. The quantitative estimate of drug-likeness (QED) is 0.0214. The van der Waals surface area contributed by atoms with Crippen LogP contribution < -0.4 is 0 Å². The number of carbonyl (C=O) groups is 1. The van der Waals surface area contributed by atoms with E-state index in [9.17, 15) is 14.3 Å². The van der Waals surface area contributed by atoms with Crippen molar-refractivity contribution >= 4 is 13.8 Å². The van der Waals surface area contributed by atoms with Gasteiger partial charge >= 0.3 is 13.8 Å². The smallest absolute Gasteiger partial charge is 0.457 e. The van der Waals surface area contributed by atoms with Crippen LogP contribution in [0.25, 0.3) is 0 Å². The van der Waals surface area contributed by atoms with Gasteiger partial charge in [0.05, 0.1) is 34.4 Å². The van der Waals surface area contributed by atoms with E-state index in [1.807, 2.05) is 21.1 Å². The molecule has 8 nitrogen and oxygen atoms in total. The number of rotatable bonds is 45. The minimum absolute atomic E-state index is 0.0659. The fourth-order valence-corrected chi connectivity index (χ4v) is 6.77. The number of carbonyl (C=O) groups excluding carboxylic acids is 1. The zero-order chi connectivity index (χ0) is 49.0. The molecule has 0 saturated carbocycles. The molecule has 0 aliphatic carbocycles. The molecule has 1 N–H and O–H groups in total. The third kappa shape index (κ3) is 53.2. The van der Waals surface area contributed by atoms with Gasteiger partial charge in [0.2, 0.25) is 0 Å². The van der Waals surface area contributed by atoms with Crippen LogP contribution in [0, 0.1) is 0 Å². The van der Waals surface area contributed by atoms with E-state index in [1.165, 1.54) is 0 Å². The maximum absolute atomic E-state index is 12.8. The third-order valence-corrected chi connectivity index (χ3v) is 10.9. The number of ether oxygens (including phenoxy) is 2. The Kier molecular flexibility index (Phi) is 46.2. The summed E-state index contributed by atoms with van der Waals surface area (Å²) in [4.78, 5) is 23.0. The van der Waals surface area contributed by atoms with E-state index in [0.717, 1.165) is 135 Å². The van der Waals surface area contributed by atoms with E-state index in [-0.39, 0.29) is 32.2 Å². The Labute approximate surface area is 410 Å². The van der Waals surface area contributed by atoms with Crippen LogP contribution in [0.5, 0.6) is 0 Å². The molecule has 2 atom stereocenters. The van der Waals surface area contributed by atoms with E-state index < -0.39 is 13.9 Å². The molecule has 378 valence electrons. The minimum atomic E-state index is -4.31. The molecule has 0 fully saturated rings. The van der Waals surface area contributed by atoms with Crippen LogP contribution in [0.3, 0.4) is 0 Å². The van der Waals surface area contributed by atoms with Crippen LogP contribution in [0.15, 0.2) is 146 Å². The summed E-state index contributed by atoms with van der Waals surface area (Å²) in [7, 11) is 1.59. The highest BCUT2D eigenvalue weighted by Crippen LogP contribution is 2.43. The van der Waals surface area contributed by atoms with Gasteiger partial charge in [-0.05, 0) is 116 Å². The molecule has 0 aromatic carbocycles. The Morgan fingerprint density at radius 2 is 0.821 bits per heavy atom. The molecule has 0 amide bonds.